The summed E-state index contributed by atoms with van der Waals surface area (Å²) in [4.78, 5) is 4.17. The van der Waals surface area contributed by atoms with Crippen molar-refractivity contribution in [1.82, 2.24) is 4.98 Å². The van der Waals surface area contributed by atoms with Gasteiger partial charge in [-0.05, 0) is 30.4 Å². The summed E-state index contributed by atoms with van der Waals surface area (Å²) in [6.45, 7) is 3.79. The Hall–Kier alpha value is -1.61. The number of methoxy groups -OCH3 is 1. The van der Waals surface area contributed by atoms with E-state index in [2.05, 4.69) is 4.98 Å². The number of ether oxygens (including phenoxy) is 1. The van der Waals surface area contributed by atoms with Crippen LogP contribution in [0.15, 0.2) is 30.5 Å². The minimum absolute atomic E-state index is 0.604. The fourth-order valence-corrected chi connectivity index (χ4v) is 1.77. The van der Waals surface area contributed by atoms with Crippen molar-refractivity contribution < 1.29 is 9.84 Å². The Morgan fingerprint density at radius 2 is 2.06 bits per heavy atom. The predicted molar refractivity (Wildman–Crippen MR) is 68.2 cm³/mol. The standard InChI is InChI=1S/C14H17NO2/c1-4-14(2,16)12-6-5-10-8-13(17-3)15-9-11(10)7-12/h5-9,16H,4H2,1-3H3. The molecule has 1 aromatic heterocycles. The molecule has 0 aliphatic rings. The Balaban J connectivity index is 2.52. The Bertz CT molecular complexity index is 535. The second-order valence-corrected chi connectivity index (χ2v) is 4.42. The third kappa shape index (κ3) is 2.24. The van der Waals surface area contributed by atoms with Gasteiger partial charge in [0.25, 0.3) is 0 Å². The van der Waals surface area contributed by atoms with Crippen LogP contribution in [-0.4, -0.2) is 17.2 Å². The normalized spacial score (nSPS) is 14.6. The molecule has 0 radical (unpaired) electrons. The van der Waals surface area contributed by atoms with Crippen LogP contribution in [0.5, 0.6) is 5.88 Å². The number of hydrogen-bond donors (Lipinski definition) is 1. The van der Waals surface area contributed by atoms with E-state index >= 15 is 0 Å². The summed E-state index contributed by atoms with van der Waals surface area (Å²) in [6.07, 6.45) is 2.45. The van der Waals surface area contributed by atoms with E-state index in [4.69, 9.17) is 4.74 Å². The lowest BCUT2D eigenvalue weighted by atomic mass is 9.92. The number of rotatable bonds is 3. The highest BCUT2D eigenvalue weighted by molar-refractivity contribution is 5.83. The van der Waals surface area contributed by atoms with Gasteiger partial charge in [-0.25, -0.2) is 4.98 Å². The van der Waals surface area contributed by atoms with Gasteiger partial charge in [-0.2, -0.15) is 0 Å². The number of fused-ring (bicyclic) bond motifs is 1. The number of hydrogen-bond acceptors (Lipinski definition) is 3. The number of nitrogens with zero attached hydrogens (tertiary/aromatic N) is 1. The SMILES string of the molecule is CCC(C)(O)c1ccc2cc(OC)ncc2c1. The maximum atomic E-state index is 10.2. The molecule has 3 nitrogen and oxygen atoms in total. The first kappa shape index (κ1) is 11.9. The van der Waals surface area contributed by atoms with Crippen molar-refractivity contribution >= 4 is 10.8 Å². The Labute approximate surface area is 101 Å². The van der Waals surface area contributed by atoms with Crippen LogP contribution in [0.25, 0.3) is 10.8 Å². The summed E-state index contributed by atoms with van der Waals surface area (Å²) < 4.78 is 5.08. The van der Waals surface area contributed by atoms with Gasteiger partial charge >= 0.3 is 0 Å². The van der Waals surface area contributed by atoms with Crippen molar-refractivity contribution in [3.8, 4) is 5.88 Å². The molecule has 1 aromatic carbocycles. The molecule has 90 valence electrons. The van der Waals surface area contributed by atoms with Crippen molar-refractivity contribution in [2.75, 3.05) is 7.11 Å². The molecule has 2 rings (SSSR count). The fourth-order valence-electron chi connectivity index (χ4n) is 1.77. The minimum Gasteiger partial charge on any atom is -0.481 e. The molecule has 0 bridgehead atoms. The van der Waals surface area contributed by atoms with Gasteiger partial charge in [0.2, 0.25) is 5.88 Å². The van der Waals surface area contributed by atoms with Crippen molar-refractivity contribution in [3.63, 3.8) is 0 Å². The molecule has 2 aromatic rings. The largest absolute Gasteiger partial charge is 0.481 e. The van der Waals surface area contributed by atoms with Crippen molar-refractivity contribution in [3.05, 3.63) is 36.0 Å². The van der Waals surface area contributed by atoms with Gasteiger partial charge < -0.3 is 9.84 Å². The molecule has 0 amide bonds. The molecule has 0 saturated heterocycles. The van der Waals surface area contributed by atoms with Gasteiger partial charge in [0, 0.05) is 17.6 Å². The second kappa shape index (κ2) is 4.34. The summed E-state index contributed by atoms with van der Waals surface area (Å²) in [7, 11) is 1.60. The number of pyridine rings is 1. The average Bonchev–Trinajstić information content (AvgIpc) is 2.37. The van der Waals surface area contributed by atoms with Crippen molar-refractivity contribution in [2.45, 2.75) is 25.9 Å². The van der Waals surface area contributed by atoms with Crippen LogP contribution in [0.2, 0.25) is 0 Å². The topological polar surface area (TPSA) is 42.4 Å². The number of aliphatic hydroxyl groups is 1. The zero-order chi connectivity index (χ0) is 12.5. The van der Waals surface area contributed by atoms with Gasteiger partial charge in [0.15, 0.2) is 0 Å². The predicted octanol–water partition coefficient (Wildman–Crippen LogP) is 2.86. The number of benzene rings is 1. The molecule has 0 aliphatic heterocycles. The van der Waals surface area contributed by atoms with Gasteiger partial charge in [-0.1, -0.05) is 19.1 Å². The zero-order valence-corrected chi connectivity index (χ0v) is 10.4. The highest BCUT2D eigenvalue weighted by Crippen LogP contribution is 2.28. The molecule has 0 saturated carbocycles. The van der Waals surface area contributed by atoms with Gasteiger partial charge in [-0.3, -0.25) is 0 Å². The quantitative estimate of drug-likeness (QED) is 0.883. The highest BCUT2D eigenvalue weighted by Gasteiger charge is 2.20. The lowest BCUT2D eigenvalue weighted by Gasteiger charge is -2.22. The Kier molecular flexibility index (Phi) is 3.03. The first-order valence-electron chi connectivity index (χ1n) is 5.73. The summed E-state index contributed by atoms with van der Waals surface area (Å²) in [6, 6.07) is 7.80. The van der Waals surface area contributed by atoms with E-state index in [-0.39, 0.29) is 0 Å². The molecule has 0 aliphatic carbocycles. The lowest BCUT2D eigenvalue weighted by molar-refractivity contribution is 0.0532. The molecular formula is C14H17NO2. The van der Waals surface area contributed by atoms with E-state index < -0.39 is 5.60 Å². The van der Waals surface area contributed by atoms with Crippen LogP contribution in [0.4, 0.5) is 0 Å². The van der Waals surface area contributed by atoms with Crippen LogP contribution < -0.4 is 4.74 Å². The first-order valence-corrected chi connectivity index (χ1v) is 5.73. The van der Waals surface area contributed by atoms with Crippen molar-refractivity contribution in [1.29, 1.82) is 0 Å². The molecule has 1 N–H and O–H groups in total. The monoisotopic (exact) mass is 231 g/mol. The molecule has 17 heavy (non-hydrogen) atoms. The van der Waals surface area contributed by atoms with Crippen LogP contribution in [0, 0.1) is 0 Å². The first-order chi connectivity index (χ1) is 8.06. The van der Waals surface area contributed by atoms with Crippen LogP contribution in [0.1, 0.15) is 25.8 Å². The summed E-state index contributed by atoms with van der Waals surface area (Å²) in [5.74, 6) is 0.604. The van der Waals surface area contributed by atoms with Crippen LogP contribution in [-0.2, 0) is 5.60 Å². The third-order valence-corrected chi connectivity index (χ3v) is 3.22. The van der Waals surface area contributed by atoms with E-state index in [0.717, 1.165) is 16.3 Å². The second-order valence-electron chi connectivity index (χ2n) is 4.42. The maximum absolute atomic E-state index is 10.2. The van der Waals surface area contributed by atoms with E-state index in [1.807, 2.05) is 38.1 Å². The summed E-state index contributed by atoms with van der Waals surface area (Å²) in [5, 5.41) is 12.3. The minimum atomic E-state index is -0.784. The van der Waals surface area contributed by atoms with Gasteiger partial charge in [0.05, 0.1) is 12.7 Å². The van der Waals surface area contributed by atoms with Crippen LogP contribution in [0.3, 0.4) is 0 Å². The zero-order valence-electron chi connectivity index (χ0n) is 10.4. The molecule has 1 heterocycles. The highest BCUT2D eigenvalue weighted by atomic mass is 16.5. The van der Waals surface area contributed by atoms with Gasteiger partial charge in [-0.15, -0.1) is 0 Å². The van der Waals surface area contributed by atoms with Gasteiger partial charge in [0.1, 0.15) is 0 Å². The van der Waals surface area contributed by atoms with E-state index in [9.17, 15) is 5.11 Å². The molecule has 3 heteroatoms. The number of aromatic nitrogens is 1. The molecule has 0 spiro atoms. The summed E-state index contributed by atoms with van der Waals surface area (Å²) in [5.41, 5.74) is 0.133. The lowest BCUT2D eigenvalue weighted by Crippen LogP contribution is -2.19. The van der Waals surface area contributed by atoms with Crippen molar-refractivity contribution in [2.24, 2.45) is 0 Å². The third-order valence-electron chi connectivity index (χ3n) is 3.22. The average molecular weight is 231 g/mol. The fraction of sp³-hybridized carbons (Fsp3) is 0.357. The Morgan fingerprint density at radius 1 is 1.29 bits per heavy atom. The molecule has 0 fully saturated rings. The summed E-state index contributed by atoms with van der Waals surface area (Å²) >= 11 is 0. The smallest absolute Gasteiger partial charge is 0.213 e. The van der Waals surface area contributed by atoms with E-state index in [1.165, 1.54) is 0 Å². The molecule has 1 unspecified atom stereocenters. The molecular weight excluding hydrogens is 214 g/mol. The Morgan fingerprint density at radius 3 is 2.71 bits per heavy atom. The van der Waals surface area contributed by atoms with Crippen LogP contribution >= 0.6 is 0 Å². The van der Waals surface area contributed by atoms with E-state index in [1.54, 1.807) is 13.3 Å². The molecule has 1 atom stereocenters. The van der Waals surface area contributed by atoms with E-state index in [0.29, 0.717) is 12.3 Å². The maximum Gasteiger partial charge on any atom is 0.213 e.